The van der Waals surface area contributed by atoms with Gasteiger partial charge in [0, 0.05) is 12.1 Å². The maximum Gasteiger partial charge on any atom is 0.217 e. The minimum absolute atomic E-state index is 0.0350. The number of hydrogen-bond acceptors (Lipinski definition) is 2. The van der Waals surface area contributed by atoms with Crippen LogP contribution in [0, 0.1) is 5.95 Å². The molecule has 1 aromatic rings. The first-order valence-electron chi connectivity index (χ1n) is 3.44. The Morgan fingerprint density at radius 1 is 1.80 bits per heavy atom. The first kappa shape index (κ1) is 5.07. The van der Waals surface area contributed by atoms with Gasteiger partial charge in [-0.15, -0.1) is 0 Å². The molecule has 10 heavy (non-hydrogen) atoms. The molecule has 1 heterocycles. The highest BCUT2D eigenvalue weighted by Crippen LogP contribution is 2.16. The summed E-state index contributed by atoms with van der Waals surface area (Å²) in [4.78, 5) is 3.28. The van der Waals surface area contributed by atoms with Crippen LogP contribution in [0.25, 0.3) is 0 Å². The number of hydrogen-bond donors (Lipinski definition) is 0. The van der Waals surface area contributed by atoms with E-state index in [4.69, 9.17) is 2.74 Å². The topological polar surface area (TPSA) is 22.1 Å². The van der Waals surface area contributed by atoms with E-state index in [9.17, 15) is 4.39 Å². The molecule has 0 fully saturated rings. The van der Waals surface area contributed by atoms with Crippen LogP contribution in [0.15, 0.2) is 16.7 Å². The van der Waals surface area contributed by atoms with Crippen molar-refractivity contribution in [3.05, 3.63) is 22.6 Å². The standard InChI is InChI=1S/C6H5BrFNO/c1-10-4-2-5(7)9-6(8)3-4/h2-3H,1H3/i2D,3D. The molecule has 2 nitrogen and oxygen atoms in total. The van der Waals surface area contributed by atoms with Gasteiger partial charge in [-0.3, -0.25) is 0 Å². The molecule has 0 unspecified atom stereocenters. The maximum absolute atomic E-state index is 12.7. The number of nitrogens with zero attached hydrogens (tertiary/aromatic N) is 1. The van der Waals surface area contributed by atoms with Crippen LogP contribution in [0.4, 0.5) is 4.39 Å². The van der Waals surface area contributed by atoms with E-state index in [1.807, 2.05) is 0 Å². The van der Waals surface area contributed by atoms with E-state index in [1.54, 1.807) is 0 Å². The molecule has 0 amide bonds. The van der Waals surface area contributed by atoms with Crippen LogP contribution in [0.5, 0.6) is 5.75 Å². The third kappa shape index (κ3) is 1.67. The number of methoxy groups -OCH3 is 1. The van der Waals surface area contributed by atoms with Gasteiger partial charge in [0.2, 0.25) is 5.95 Å². The summed E-state index contributed by atoms with van der Waals surface area (Å²) in [5.74, 6) is -1.07. The summed E-state index contributed by atoms with van der Waals surface area (Å²) in [6.07, 6.45) is 0. The average molecular weight is 208 g/mol. The largest absolute Gasteiger partial charge is 0.496 e. The lowest BCUT2D eigenvalue weighted by atomic mass is 10.4. The fraction of sp³-hybridized carbons (Fsp3) is 0.167. The lowest BCUT2D eigenvalue weighted by molar-refractivity contribution is 0.408. The maximum atomic E-state index is 12.7. The summed E-state index contributed by atoms with van der Waals surface area (Å²) in [5, 5.41) is 0. The highest BCUT2D eigenvalue weighted by molar-refractivity contribution is 9.10. The lowest BCUT2D eigenvalue weighted by Crippen LogP contribution is -1.87. The van der Waals surface area contributed by atoms with Crippen molar-refractivity contribution in [3.63, 3.8) is 0 Å². The Labute approximate surface area is 69.0 Å². The quantitative estimate of drug-likeness (QED) is 0.658. The Hall–Kier alpha value is -0.640. The molecule has 0 aliphatic rings. The summed E-state index contributed by atoms with van der Waals surface area (Å²) in [6, 6.07) is -0.616. The monoisotopic (exact) mass is 207 g/mol. The van der Waals surface area contributed by atoms with Crippen molar-refractivity contribution < 1.29 is 11.9 Å². The third-order valence-corrected chi connectivity index (χ3v) is 1.21. The molecule has 0 radical (unpaired) electrons. The molecule has 0 spiro atoms. The Balaban J connectivity index is 3.42. The van der Waals surface area contributed by atoms with Crippen LogP contribution >= 0.6 is 15.9 Å². The van der Waals surface area contributed by atoms with E-state index in [1.165, 1.54) is 7.11 Å². The van der Waals surface area contributed by atoms with Crippen molar-refractivity contribution in [1.29, 1.82) is 0 Å². The van der Waals surface area contributed by atoms with Gasteiger partial charge in [0.25, 0.3) is 0 Å². The van der Waals surface area contributed by atoms with E-state index in [-0.39, 0.29) is 16.4 Å². The zero-order valence-electron chi connectivity index (χ0n) is 7.11. The molecule has 1 aromatic heterocycles. The number of rotatable bonds is 1. The molecule has 1 rings (SSSR count). The summed E-state index contributed by atoms with van der Waals surface area (Å²) >= 11 is 2.87. The summed E-state index contributed by atoms with van der Waals surface area (Å²) < 4.78 is 31.8. The molecule has 0 atom stereocenters. The average Bonchev–Trinajstić information content (AvgIpc) is 2.02. The number of pyridine rings is 1. The SMILES string of the molecule is [2H]c1c(F)nc(Br)c([2H])c1OC. The van der Waals surface area contributed by atoms with Crippen molar-refractivity contribution in [2.45, 2.75) is 0 Å². The summed E-state index contributed by atoms with van der Waals surface area (Å²) in [6.45, 7) is 0. The normalized spacial score (nSPS) is 12.3. The second kappa shape index (κ2) is 2.96. The van der Waals surface area contributed by atoms with Crippen molar-refractivity contribution in [2.24, 2.45) is 0 Å². The fourth-order valence-electron chi connectivity index (χ4n) is 0.463. The number of ether oxygens (including phenoxy) is 1. The lowest BCUT2D eigenvalue weighted by Gasteiger charge is -1.98. The van der Waals surface area contributed by atoms with Gasteiger partial charge in [-0.25, -0.2) is 4.98 Å². The second-order valence-corrected chi connectivity index (χ2v) is 2.23. The predicted molar refractivity (Wildman–Crippen MR) is 38.4 cm³/mol. The van der Waals surface area contributed by atoms with Crippen LogP contribution < -0.4 is 4.74 Å². The fourth-order valence-corrected chi connectivity index (χ4v) is 0.799. The van der Waals surface area contributed by atoms with Crippen LogP contribution in [-0.2, 0) is 0 Å². The molecule has 0 saturated carbocycles. The Kier molecular flexibility index (Phi) is 1.50. The van der Waals surface area contributed by atoms with E-state index in [2.05, 4.69) is 25.7 Å². The molecule has 0 bridgehead atoms. The van der Waals surface area contributed by atoms with Crippen molar-refractivity contribution in [2.75, 3.05) is 7.11 Å². The first-order chi connectivity index (χ1) is 5.57. The number of aromatic nitrogens is 1. The first-order valence-corrected chi connectivity index (χ1v) is 3.23. The van der Waals surface area contributed by atoms with Gasteiger partial charge < -0.3 is 4.74 Å². The molecule has 4 heteroatoms. The van der Waals surface area contributed by atoms with Gasteiger partial charge in [0.1, 0.15) is 10.4 Å². The molecule has 0 saturated heterocycles. The molecular formula is C6H5BrFNO. The Morgan fingerprint density at radius 3 is 3.10 bits per heavy atom. The highest BCUT2D eigenvalue weighted by atomic mass is 79.9. The third-order valence-electron chi connectivity index (χ3n) is 0.834. The van der Waals surface area contributed by atoms with E-state index < -0.39 is 12.0 Å². The Bertz CT molecular complexity index is 295. The minimum Gasteiger partial charge on any atom is -0.496 e. The van der Waals surface area contributed by atoms with Crippen molar-refractivity contribution >= 4 is 15.9 Å². The van der Waals surface area contributed by atoms with E-state index in [0.29, 0.717) is 0 Å². The van der Waals surface area contributed by atoms with Gasteiger partial charge >= 0.3 is 0 Å². The predicted octanol–water partition coefficient (Wildman–Crippen LogP) is 1.99. The van der Waals surface area contributed by atoms with E-state index >= 15 is 0 Å². The highest BCUT2D eigenvalue weighted by Gasteiger charge is 1.97. The smallest absolute Gasteiger partial charge is 0.217 e. The van der Waals surface area contributed by atoms with Crippen molar-refractivity contribution in [3.8, 4) is 5.75 Å². The Morgan fingerprint density at radius 2 is 2.50 bits per heavy atom. The zero-order chi connectivity index (χ0) is 9.30. The van der Waals surface area contributed by atoms with Crippen LogP contribution in [0.1, 0.15) is 2.74 Å². The molecule has 0 aromatic carbocycles. The molecule has 0 aliphatic heterocycles. The van der Waals surface area contributed by atoms with Gasteiger partial charge in [-0.1, -0.05) is 0 Å². The van der Waals surface area contributed by atoms with Crippen LogP contribution in [0.3, 0.4) is 0 Å². The zero-order valence-corrected chi connectivity index (χ0v) is 6.70. The van der Waals surface area contributed by atoms with Gasteiger partial charge in [0.05, 0.1) is 9.85 Å². The van der Waals surface area contributed by atoms with Gasteiger partial charge in [0.15, 0.2) is 0 Å². The molecule has 54 valence electrons. The van der Waals surface area contributed by atoms with Gasteiger partial charge in [-0.2, -0.15) is 4.39 Å². The summed E-state index contributed by atoms with van der Waals surface area (Å²) in [5.41, 5.74) is 0. The molecule has 0 N–H and O–H groups in total. The molecule has 0 aliphatic carbocycles. The van der Waals surface area contributed by atoms with Gasteiger partial charge in [-0.05, 0) is 15.9 Å². The number of halogens is 2. The second-order valence-electron chi connectivity index (χ2n) is 1.48. The van der Waals surface area contributed by atoms with Crippen LogP contribution in [-0.4, -0.2) is 12.1 Å². The molecular weight excluding hydrogens is 201 g/mol. The van der Waals surface area contributed by atoms with E-state index in [0.717, 1.165) is 0 Å². The minimum atomic E-state index is -0.949. The summed E-state index contributed by atoms with van der Waals surface area (Å²) in [7, 11) is 1.28. The van der Waals surface area contributed by atoms with Crippen molar-refractivity contribution in [1.82, 2.24) is 4.98 Å². The van der Waals surface area contributed by atoms with Crippen LogP contribution in [0.2, 0.25) is 0 Å².